The van der Waals surface area contributed by atoms with Crippen LogP contribution in [0.4, 0.5) is 5.69 Å². The van der Waals surface area contributed by atoms with E-state index in [9.17, 15) is 0 Å². The summed E-state index contributed by atoms with van der Waals surface area (Å²) < 4.78 is 0. The van der Waals surface area contributed by atoms with Gasteiger partial charge in [-0.3, -0.25) is 0 Å². The summed E-state index contributed by atoms with van der Waals surface area (Å²) in [5.74, 6) is 0.128. The van der Waals surface area contributed by atoms with E-state index in [2.05, 4.69) is 22.2 Å². The number of rotatable bonds is 4. The molecule has 0 aliphatic carbocycles. The van der Waals surface area contributed by atoms with Gasteiger partial charge in [-0.05, 0) is 17.7 Å². The van der Waals surface area contributed by atoms with E-state index in [1.807, 2.05) is 49.5 Å². The van der Waals surface area contributed by atoms with Crippen molar-refractivity contribution in [1.82, 2.24) is 0 Å². The molecule has 0 aliphatic rings. The summed E-state index contributed by atoms with van der Waals surface area (Å²) in [5.41, 5.74) is 8.58. The first-order chi connectivity index (χ1) is 9.20. The van der Waals surface area contributed by atoms with Crippen LogP contribution in [0.5, 0.6) is 0 Å². The van der Waals surface area contributed by atoms with Gasteiger partial charge in [0.15, 0.2) is 5.84 Å². The standard InChI is InChI=1S/C15H17N3O/c1-18(14-5-3-2-4-6-14)11-12-7-9-13(10-8-12)15(16)17-19/h2-10,19H,11H2,1H3,(H2,16,17). The average Bonchev–Trinajstić information content (AvgIpc) is 2.48. The molecule has 0 heterocycles. The summed E-state index contributed by atoms with van der Waals surface area (Å²) in [7, 11) is 2.05. The van der Waals surface area contributed by atoms with Gasteiger partial charge in [0, 0.05) is 24.8 Å². The lowest BCUT2D eigenvalue weighted by Crippen LogP contribution is -2.17. The summed E-state index contributed by atoms with van der Waals surface area (Å²) in [5, 5.41) is 11.6. The number of nitrogens with zero attached hydrogens (tertiary/aromatic N) is 2. The highest BCUT2D eigenvalue weighted by atomic mass is 16.4. The van der Waals surface area contributed by atoms with Gasteiger partial charge in [0.25, 0.3) is 0 Å². The number of benzene rings is 2. The second-order valence-electron chi connectivity index (χ2n) is 4.37. The van der Waals surface area contributed by atoms with Crippen LogP contribution in [0.3, 0.4) is 0 Å². The molecule has 2 rings (SSSR count). The fourth-order valence-corrected chi connectivity index (χ4v) is 1.89. The molecule has 19 heavy (non-hydrogen) atoms. The van der Waals surface area contributed by atoms with Crippen LogP contribution in [0, 0.1) is 0 Å². The van der Waals surface area contributed by atoms with Crippen molar-refractivity contribution in [3.05, 3.63) is 65.7 Å². The zero-order valence-electron chi connectivity index (χ0n) is 10.8. The maximum atomic E-state index is 8.61. The SMILES string of the molecule is CN(Cc1ccc(/C(N)=N/O)cc1)c1ccccc1. The largest absolute Gasteiger partial charge is 0.409 e. The van der Waals surface area contributed by atoms with Crippen LogP contribution in [0.1, 0.15) is 11.1 Å². The highest BCUT2D eigenvalue weighted by molar-refractivity contribution is 5.96. The number of hydrogen-bond donors (Lipinski definition) is 2. The van der Waals surface area contributed by atoms with E-state index in [1.165, 1.54) is 11.3 Å². The Balaban J connectivity index is 2.08. The van der Waals surface area contributed by atoms with E-state index in [4.69, 9.17) is 10.9 Å². The first-order valence-electron chi connectivity index (χ1n) is 6.03. The van der Waals surface area contributed by atoms with E-state index in [1.54, 1.807) is 0 Å². The Bertz CT molecular complexity index is 549. The molecule has 0 spiro atoms. The third-order valence-electron chi connectivity index (χ3n) is 2.97. The molecular formula is C15H17N3O. The van der Waals surface area contributed by atoms with Crippen LogP contribution >= 0.6 is 0 Å². The van der Waals surface area contributed by atoms with Crippen LogP contribution in [-0.4, -0.2) is 18.1 Å². The summed E-state index contributed by atoms with van der Waals surface area (Å²) in [6.07, 6.45) is 0. The molecule has 0 fully saturated rings. The van der Waals surface area contributed by atoms with E-state index in [0.717, 1.165) is 6.54 Å². The predicted molar refractivity (Wildman–Crippen MR) is 77.5 cm³/mol. The lowest BCUT2D eigenvalue weighted by atomic mass is 10.1. The van der Waals surface area contributed by atoms with Crippen LogP contribution in [-0.2, 0) is 6.54 Å². The van der Waals surface area contributed by atoms with E-state index < -0.39 is 0 Å². The predicted octanol–water partition coefficient (Wildman–Crippen LogP) is 2.42. The zero-order valence-corrected chi connectivity index (χ0v) is 10.8. The second kappa shape index (κ2) is 5.91. The van der Waals surface area contributed by atoms with Gasteiger partial charge in [0.05, 0.1) is 0 Å². The Kier molecular flexibility index (Phi) is 4.03. The maximum Gasteiger partial charge on any atom is 0.170 e. The summed E-state index contributed by atoms with van der Waals surface area (Å²) >= 11 is 0. The van der Waals surface area contributed by atoms with Gasteiger partial charge in [0.1, 0.15) is 0 Å². The quantitative estimate of drug-likeness (QED) is 0.382. The van der Waals surface area contributed by atoms with Gasteiger partial charge in [-0.25, -0.2) is 0 Å². The van der Waals surface area contributed by atoms with Crippen molar-refractivity contribution in [3.63, 3.8) is 0 Å². The molecule has 2 aromatic rings. The molecule has 98 valence electrons. The van der Waals surface area contributed by atoms with Crippen molar-refractivity contribution in [3.8, 4) is 0 Å². The van der Waals surface area contributed by atoms with Gasteiger partial charge >= 0.3 is 0 Å². The topological polar surface area (TPSA) is 61.8 Å². The Hall–Kier alpha value is -2.49. The minimum atomic E-state index is 0.128. The Morgan fingerprint density at radius 2 is 1.74 bits per heavy atom. The molecule has 0 amide bonds. The summed E-state index contributed by atoms with van der Waals surface area (Å²) in [6.45, 7) is 0.806. The smallest absolute Gasteiger partial charge is 0.170 e. The molecule has 0 radical (unpaired) electrons. The Morgan fingerprint density at radius 3 is 2.32 bits per heavy atom. The molecule has 0 bridgehead atoms. The molecular weight excluding hydrogens is 238 g/mol. The molecule has 0 aromatic heterocycles. The van der Waals surface area contributed by atoms with Gasteiger partial charge in [-0.1, -0.05) is 47.6 Å². The lowest BCUT2D eigenvalue weighted by Gasteiger charge is -2.19. The van der Waals surface area contributed by atoms with Gasteiger partial charge in [-0.2, -0.15) is 0 Å². The first kappa shape index (κ1) is 13.0. The minimum Gasteiger partial charge on any atom is -0.409 e. The number of hydrogen-bond acceptors (Lipinski definition) is 3. The number of oxime groups is 1. The molecule has 0 saturated carbocycles. The fourth-order valence-electron chi connectivity index (χ4n) is 1.89. The second-order valence-corrected chi connectivity index (χ2v) is 4.37. The number of amidine groups is 1. The molecule has 0 unspecified atom stereocenters. The molecule has 4 heteroatoms. The monoisotopic (exact) mass is 255 g/mol. The van der Waals surface area contributed by atoms with Gasteiger partial charge in [-0.15, -0.1) is 0 Å². The third kappa shape index (κ3) is 3.25. The van der Waals surface area contributed by atoms with Gasteiger partial charge < -0.3 is 15.8 Å². The third-order valence-corrected chi connectivity index (χ3v) is 2.97. The molecule has 0 atom stereocenters. The molecule has 3 N–H and O–H groups in total. The van der Waals surface area contributed by atoms with Gasteiger partial charge in [0.2, 0.25) is 0 Å². The highest BCUT2D eigenvalue weighted by Crippen LogP contribution is 2.15. The molecule has 0 aliphatic heterocycles. The zero-order chi connectivity index (χ0) is 13.7. The molecule has 0 saturated heterocycles. The molecule has 4 nitrogen and oxygen atoms in total. The average molecular weight is 255 g/mol. The maximum absolute atomic E-state index is 8.61. The number of para-hydroxylation sites is 1. The Labute approximate surface area is 112 Å². The van der Waals surface area contributed by atoms with Crippen molar-refractivity contribution >= 4 is 11.5 Å². The molecule has 2 aromatic carbocycles. The van der Waals surface area contributed by atoms with Crippen molar-refractivity contribution in [2.45, 2.75) is 6.54 Å². The van der Waals surface area contributed by atoms with Crippen molar-refractivity contribution < 1.29 is 5.21 Å². The van der Waals surface area contributed by atoms with E-state index >= 15 is 0 Å². The van der Waals surface area contributed by atoms with E-state index in [0.29, 0.717) is 5.56 Å². The summed E-state index contributed by atoms with van der Waals surface area (Å²) in [6, 6.07) is 17.9. The normalized spacial score (nSPS) is 11.3. The van der Waals surface area contributed by atoms with Crippen molar-refractivity contribution in [2.75, 3.05) is 11.9 Å². The minimum absolute atomic E-state index is 0.128. The lowest BCUT2D eigenvalue weighted by molar-refractivity contribution is 0.318. The van der Waals surface area contributed by atoms with Crippen LogP contribution < -0.4 is 10.6 Å². The van der Waals surface area contributed by atoms with Crippen molar-refractivity contribution in [2.24, 2.45) is 10.9 Å². The number of anilines is 1. The van der Waals surface area contributed by atoms with Crippen LogP contribution in [0.2, 0.25) is 0 Å². The van der Waals surface area contributed by atoms with Crippen molar-refractivity contribution in [1.29, 1.82) is 0 Å². The summed E-state index contributed by atoms with van der Waals surface area (Å²) in [4.78, 5) is 2.17. The number of nitrogens with two attached hydrogens (primary N) is 1. The van der Waals surface area contributed by atoms with E-state index in [-0.39, 0.29) is 5.84 Å². The first-order valence-corrected chi connectivity index (χ1v) is 6.03. The van der Waals surface area contributed by atoms with Crippen LogP contribution in [0.15, 0.2) is 59.8 Å². The fraction of sp³-hybridized carbons (Fsp3) is 0.133. The van der Waals surface area contributed by atoms with Crippen LogP contribution in [0.25, 0.3) is 0 Å². The Morgan fingerprint density at radius 1 is 1.11 bits per heavy atom. The highest BCUT2D eigenvalue weighted by Gasteiger charge is 2.03.